The largest absolute Gasteiger partial charge is 0.355 e. The fourth-order valence-electron chi connectivity index (χ4n) is 1.35. The van der Waals surface area contributed by atoms with Crippen molar-refractivity contribution in [2.24, 2.45) is 4.99 Å². The molecular weight excluding hydrogens is 405 g/mol. The molecule has 0 unspecified atom stereocenters. The summed E-state index contributed by atoms with van der Waals surface area (Å²) in [6, 6.07) is 3.07. The molecule has 21 heavy (non-hydrogen) atoms. The molecule has 1 rings (SSSR count). The lowest BCUT2D eigenvalue weighted by Gasteiger charge is -2.11. The summed E-state index contributed by atoms with van der Waals surface area (Å²) in [5.74, 6) is 0.588. The van der Waals surface area contributed by atoms with E-state index in [1.165, 1.54) is 18.5 Å². The van der Waals surface area contributed by atoms with Crippen LogP contribution in [-0.2, 0) is 10.0 Å². The molecule has 7 nitrogen and oxygen atoms in total. The lowest BCUT2D eigenvalue weighted by molar-refractivity contribution is 0.580. The normalized spacial score (nSPS) is 11.4. The van der Waals surface area contributed by atoms with Gasteiger partial charge in [0.1, 0.15) is 4.90 Å². The highest BCUT2D eigenvalue weighted by Crippen LogP contribution is 2.04. The first-order valence-electron chi connectivity index (χ1n) is 6.05. The fourth-order valence-corrected chi connectivity index (χ4v) is 2.34. The van der Waals surface area contributed by atoms with E-state index in [4.69, 9.17) is 0 Å². The van der Waals surface area contributed by atoms with Crippen LogP contribution in [0, 0.1) is 0 Å². The summed E-state index contributed by atoms with van der Waals surface area (Å²) >= 11 is 0. The van der Waals surface area contributed by atoms with Crippen LogP contribution in [0.5, 0.6) is 0 Å². The SMILES string of the molecule is C=CCNC(=NC)NCCNS(=O)(=O)c1cccnc1.I. The number of guanidine groups is 1. The zero-order valence-corrected chi connectivity index (χ0v) is 14.9. The second-order valence-corrected chi connectivity index (χ2v) is 5.52. The molecule has 0 amide bonds. The quantitative estimate of drug-likeness (QED) is 0.193. The van der Waals surface area contributed by atoms with Crippen molar-refractivity contribution in [1.29, 1.82) is 0 Å². The first-order valence-corrected chi connectivity index (χ1v) is 7.53. The van der Waals surface area contributed by atoms with Crippen LogP contribution < -0.4 is 15.4 Å². The van der Waals surface area contributed by atoms with Gasteiger partial charge in [-0.25, -0.2) is 13.1 Å². The van der Waals surface area contributed by atoms with E-state index in [2.05, 4.69) is 31.9 Å². The van der Waals surface area contributed by atoms with Crippen molar-refractivity contribution >= 4 is 40.0 Å². The van der Waals surface area contributed by atoms with Gasteiger partial charge in [-0.15, -0.1) is 30.6 Å². The lowest BCUT2D eigenvalue weighted by Crippen LogP contribution is -2.41. The Balaban J connectivity index is 0.00000400. The molecule has 0 aliphatic heterocycles. The molecular formula is C12H20IN5O2S. The van der Waals surface area contributed by atoms with Crippen LogP contribution in [0.25, 0.3) is 0 Å². The van der Waals surface area contributed by atoms with Gasteiger partial charge in [0.15, 0.2) is 5.96 Å². The average molecular weight is 425 g/mol. The van der Waals surface area contributed by atoms with Gasteiger partial charge in [-0.1, -0.05) is 6.08 Å². The fraction of sp³-hybridized carbons (Fsp3) is 0.333. The molecule has 0 aliphatic carbocycles. The van der Waals surface area contributed by atoms with E-state index in [-0.39, 0.29) is 35.4 Å². The summed E-state index contributed by atoms with van der Waals surface area (Å²) in [4.78, 5) is 7.91. The molecule has 1 heterocycles. The van der Waals surface area contributed by atoms with Crippen LogP contribution in [-0.4, -0.2) is 46.0 Å². The standard InChI is InChI=1S/C12H19N5O2S.HI/c1-3-6-15-12(13-2)16-8-9-17-20(18,19)11-5-4-7-14-10-11;/h3-5,7,10,17H,1,6,8-9H2,2H3,(H2,13,15,16);1H. The van der Waals surface area contributed by atoms with Gasteiger partial charge < -0.3 is 10.6 Å². The first kappa shape index (κ1) is 19.8. The number of pyridine rings is 1. The minimum atomic E-state index is -3.51. The molecule has 9 heteroatoms. The van der Waals surface area contributed by atoms with Gasteiger partial charge >= 0.3 is 0 Å². The summed E-state index contributed by atoms with van der Waals surface area (Å²) in [7, 11) is -1.87. The average Bonchev–Trinajstić information content (AvgIpc) is 2.47. The minimum absolute atomic E-state index is 0. The summed E-state index contributed by atoms with van der Waals surface area (Å²) in [5, 5.41) is 5.96. The van der Waals surface area contributed by atoms with E-state index in [0.717, 1.165) is 0 Å². The van der Waals surface area contributed by atoms with Crippen LogP contribution >= 0.6 is 24.0 Å². The molecule has 0 saturated carbocycles. The van der Waals surface area contributed by atoms with Crippen molar-refractivity contribution in [3.05, 3.63) is 37.2 Å². The molecule has 0 radical (unpaired) electrons. The van der Waals surface area contributed by atoms with Gasteiger partial charge in [0.05, 0.1) is 0 Å². The number of nitrogens with zero attached hydrogens (tertiary/aromatic N) is 2. The molecule has 0 aromatic carbocycles. The van der Waals surface area contributed by atoms with Crippen molar-refractivity contribution in [2.75, 3.05) is 26.7 Å². The monoisotopic (exact) mass is 425 g/mol. The number of halogens is 1. The zero-order valence-electron chi connectivity index (χ0n) is 11.7. The molecule has 0 spiro atoms. The van der Waals surface area contributed by atoms with Crippen LogP contribution in [0.15, 0.2) is 47.1 Å². The summed E-state index contributed by atoms with van der Waals surface area (Å²) < 4.78 is 26.2. The van der Waals surface area contributed by atoms with Gasteiger partial charge in [-0.2, -0.15) is 0 Å². The molecule has 0 aliphatic rings. The second-order valence-electron chi connectivity index (χ2n) is 3.76. The van der Waals surface area contributed by atoms with Crippen LogP contribution in [0.3, 0.4) is 0 Å². The second kappa shape index (κ2) is 10.5. The van der Waals surface area contributed by atoms with Crippen LogP contribution in [0.2, 0.25) is 0 Å². The Morgan fingerprint density at radius 1 is 1.43 bits per heavy atom. The van der Waals surface area contributed by atoms with Crippen molar-refractivity contribution < 1.29 is 8.42 Å². The van der Waals surface area contributed by atoms with Gasteiger partial charge in [-0.05, 0) is 12.1 Å². The molecule has 0 fully saturated rings. The van der Waals surface area contributed by atoms with Crippen LogP contribution in [0.1, 0.15) is 0 Å². The summed E-state index contributed by atoms with van der Waals surface area (Å²) in [6.07, 6.45) is 4.54. The van der Waals surface area contributed by atoms with Crippen LogP contribution in [0.4, 0.5) is 0 Å². The van der Waals surface area contributed by atoms with Crippen molar-refractivity contribution in [3.63, 3.8) is 0 Å². The summed E-state index contributed by atoms with van der Waals surface area (Å²) in [5.41, 5.74) is 0. The molecule has 0 bridgehead atoms. The Bertz CT molecular complexity index is 548. The predicted octanol–water partition coefficient (Wildman–Crippen LogP) is 0.329. The molecule has 0 atom stereocenters. The van der Waals surface area contributed by atoms with Crippen molar-refractivity contribution in [1.82, 2.24) is 20.3 Å². The van der Waals surface area contributed by atoms with E-state index in [1.807, 2.05) is 0 Å². The third-order valence-electron chi connectivity index (χ3n) is 2.29. The van der Waals surface area contributed by atoms with Gasteiger partial charge in [-0.3, -0.25) is 9.98 Å². The van der Waals surface area contributed by atoms with Crippen molar-refractivity contribution in [2.45, 2.75) is 4.90 Å². The maximum Gasteiger partial charge on any atom is 0.242 e. The molecule has 118 valence electrons. The Hall–Kier alpha value is -1.20. The highest BCUT2D eigenvalue weighted by atomic mass is 127. The number of hydrogen-bond donors (Lipinski definition) is 3. The topological polar surface area (TPSA) is 95.5 Å². The summed E-state index contributed by atoms with van der Waals surface area (Å²) in [6.45, 7) is 4.83. The van der Waals surface area contributed by atoms with E-state index in [1.54, 1.807) is 19.2 Å². The van der Waals surface area contributed by atoms with Crippen molar-refractivity contribution in [3.8, 4) is 0 Å². The lowest BCUT2D eigenvalue weighted by atomic mass is 10.5. The Morgan fingerprint density at radius 3 is 2.76 bits per heavy atom. The third kappa shape index (κ3) is 7.39. The minimum Gasteiger partial charge on any atom is -0.355 e. The number of rotatable bonds is 7. The van der Waals surface area contributed by atoms with Gasteiger partial charge in [0, 0.05) is 39.1 Å². The number of nitrogens with one attached hydrogen (secondary N) is 3. The predicted molar refractivity (Wildman–Crippen MR) is 94.4 cm³/mol. The highest BCUT2D eigenvalue weighted by Gasteiger charge is 2.12. The van der Waals surface area contributed by atoms with Gasteiger partial charge in [0.2, 0.25) is 10.0 Å². The first-order chi connectivity index (χ1) is 9.60. The zero-order chi connectivity index (χ0) is 14.8. The Labute approximate surface area is 142 Å². The number of sulfonamides is 1. The highest BCUT2D eigenvalue weighted by molar-refractivity contribution is 14.0. The smallest absolute Gasteiger partial charge is 0.242 e. The van der Waals surface area contributed by atoms with E-state index in [9.17, 15) is 8.42 Å². The maximum absolute atomic E-state index is 11.9. The molecule has 3 N–H and O–H groups in total. The van der Waals surface area contributed by atoms with E-state index in [0.29, 0.717) is 19.0 Å². The van der Waals surface area contributed by atoms with Gasteiger partial charge in [0.25, 0.3) is 0 Å². The Kier molecular flexibility index (Phi) is 9.91. The van der Waals surface area contributed by atoms with E-state index < -0.39 is 10.0 Å². The molecule has 1 aromatic rings. The molecule has 0 saturated heterocycles. The third-order valence-corrected chi connectivity index (χ3v) is 3.74. The number of hydrogen-bond acceptors (Lipinski definition) is 4. The van der Waals surface area contributed by atoms with E-state index >= 15 is 0 Å². The molecule has 1 aromatic heterocycles. The maximum atomic E-state index is 11.9. The number of aliphatic imine (C=N–C) groups is 1. The number of aromatic nitrogens is 1. The Morgan fingerprint density at radius 2 is 2.19 bits per heavy atom.